The first-order valence-corrected chi connectivity index (χ1v) is 10.5. The molecule has 1 unspecified atom stereocenters. The number of benzene rings is 1. The molecule has 0 N–H and O–H groups in total. The Morgan fingerprint density at radius 1 is 1.07 bits per heavy atom. The third-order valence-electron chi connectivity index (χ3n) is 5.06. The van der Waals surface area contributed by atoms with Gasteiger partial charge in [-0.3, -0.25) is 9.88 Å². The zero-order chi connectivity index (χ0) is 18.5. The van der Waals surface area contributed by atoms with Crippen molar-refractivity contribution in [2.24, 2.45) is 7.05 Å². The molecule has 1 saturated heterocycles. The summed E-state index contributed by atoms with van der Waals surface area (Å²) in [6, 6.07) is 16.6. The Morgan fingerprint density at radius 2 is 1.93 bits per heavy atom. The van der Waals surface area contributed by atoms with Crippen LogP contribution in [0.2, 0.25) is 0 Å². The van der Waals surface area contributed by atoms with E-state index in [-0.39, 0.29) is 0 Å². The lowest BCUT2D eigenvalue weighted by Crippen LogP contribution is -2.35. The molecule has 0 spiro atoms. The summed E-state index contributed by atoms with van der Waals surface area (Å²) in [5.74, 6) is 2.46. The number of likely N-dealkylation sites (tertiary alicyclic amines) is 1. The van der Waals surface area contributed by atoms with Crippen molar-refractivity contribution >= 4 is 11.8 Å². The lowest BCUT2D eigenvalue weighted by atomic mass is 9.97. The zero-order valence-corrected chi connectivity index (χ0v) is 16.5. The summed E-state index contributed by atoms with van der Waals surface area (Å²) in [7, 11) is 2.10. The van der Waals surface area contributed by atoms with Gasteiger partial charge in [-0.2, -0.15) is 0 Å². The van der Waals surface area contributed by atoms with Crippen LogP contribution in [0.1, 0.15) is 35.8 Å². The molecule has 1 aliphatic rings. The quantitative estimate of drug-likeness (QED) is 0.608. The Balaban J connectivity index is 1.40. The molecule has 140 valence electrons. The van der Waals surface area contributed by atoms with Gasteiger partial charge in [0.2, 0.25) is 0 Å². The van der Waals surface area contributed by atoms with Crippen molar-refractivity contribution in [3.8, 4) is 0 Å². The smallest absolute Gasteiger partial charge is 0.191 e. The molecule has 4 rings (SSSR count). The maximum Gasteiger partial charge on any atom is 0.191 e. The molecule has 0 radical (unpaired) electrons. The van der Waals surface area contributed by atoms with Crippen molar-refractivity contribution < 1.29 is 0 Å². The van der Waals surface area contributed by atoms with Crippen LogP contribution in [0.3, 0.4) is 0 Å². The SMILES string of the molecule is Cn1c(SCc2ccccc2)nnc1C1CCCN(Cc2ccccn2)C1. The van der Waals surface area contributed by atoms with E-state index in [0.29, 0.717) is 5.92 Å². The second-order valence-electron chi connectivity index (χ2n) is 7.07. The van der Waals surface area contributed by atoms with E-state index < -0.39 is 0 Å². The first kappa shape index (κ1) is 18.2. The summed E-state index contributed by atoms with van der Waals surface area (Å²) in [6.07, 6.45) is 4.24. The molecule has 0 aliphatic carbocycles. The highest BCUT2D eigenvalue weighted by molar-refractivity contribution is 7.98. The standard InChI is InChI=1S/C21H25N5S/c1-25-20(23-24-21(25)27-16-17-8-3-2-4-9-17)18-10-7-13-26(14-18)15-19-11-5-6-12-22-19/h2-6,8-9,11-12,18H,7,10,13-16H2,1H3. The molecule has 0 saturated carbocycles. The minimum absolute atomic E-state index is 0.436. The highest BCUT2D eigenvalue weighted by atomic mass is 32.2. The van der Waals surface area contributed by atoms with E-state index in [9.17, 15) is 0 Å². The van der Waals surface area contributed by atoms with E-state index in [4.69, 9.17) is 0 Å². The normalized spacial score (nSPS) is 17.9. The monoisotopic (exact) mass is 379 g/mol. The highest BCUT2D eigenvalue weighted by Gasteiger charge is 2.26. The van der Waals surface area contributed by atoms with Crippen LogP contribution in [-0.2, 0) is 19.3 Å². The van der Waals surface area contributed by atoms with Gasteiger partial charge in [-0.05, 0) is 37.1 Å². The van der Waals surface area contributed by atoms with Gasteiger partial charge in [0, 0.05) is 38.0 Å². The lowest BCUT2D eigenvalue weighted by molar-refractivity contribution is 0.193. The van der Waals surface area contributed by atoms with Crippen molar-refractivity contribution in [1.29, 1.82) is 0 Å². The van der Waals surface area contributed by atoms with Crippen LogP contribution in [0.4, 0.5) is 0 Å². The Hall–Kier alpha value is -2.18. The summed E-state index contributed by atoms with van der Waals surface area (Å²) in [5.41, 5.74) is 2.45. The molecule has 3 heterocycles. The summed E-state index contributed by atoms with van der Waals surface area (Å²) in [5, 5.41) is 10.00. The van der Waals surface area contributed by atoms with E-state index in [1.807, 2.05) is 18.3 Å². The molecule has 1 aliphatic heterocycles. The molecule has 0 bridgehead atoms. The topological polar surface area (TPSA) is 46.8 Å². The molecule has 6 heteroatoms. The van der Waals surface area contributed by atoms with Crippen LogP contribution >= 0.6 is 11.8 Å². The average molecular weight is 380 g/mol. The van der Waals surface area contributed by atoms with Crippen molar-refractivity contribution in [3.05, 3.63) is 71.8 Å². The number of pyridine rings is 1. The fraction of sp³-hybridized carbons (Fsp3) is 0.381. The van der Waals surface area contributed by atoms with Crippen LogP contribution in [-0.4, -0.2) is 37.7 Å². The molecule has 0 amide bonds. The minimum atomic E-state index is 0.436. The number of piperidine rings is 1. The van der Waals surface area contributed by atoms with Crippen molar-refractivity contribution in [1.82, 2.24) is 24.6 Å². The van der Waals surface area contributed by atoms with Gasteiger partial charge >= 0.3 is 0 Å². The van der Waals surface area contributed by atoms with Crippen molar-refractivity contribution in [2.75, 3.05) is 13.1 Å². The summed E-state index contributed by atoms with van der Waals surface area (Å²) in [6.45, 7) is 3.05. The first-order valence-electron chi connectivity index (χ1n) is 9.48. The van der Waals surface area contributed by atoms with Gasteiger partial charge in [-0.15, -0.1) is 10.2 Å². The van der Waals surface area contributed by atoms with E-state index in [0.717, 1.165) is 42.1 Å². The number of hydrogen-bond donors (Lipinski definition) is 0. The highest BCUT2D eigenvalue weighted by Crippen LogP contribution is 2.29. The van der Waals surface area contributed by atoms with Gasteiger partial charge in [0.25, 0.3) is 0 Å². The molecule has 2 aromatic heterocycles. The Kier molecular flexibility index (Phi) is 5.84. The van der Waals surface area contributed by atoms with Crippen molar-refractivity contribution in [2.45, 2.75) is 36.2 Å². The predicted octanol–water partition coefficient (Wildman–Crippen LogP) is 3.88. The molecule has 27 heavy (non-hydrogen) atoms. The van der Waals surface area contributed by atoms with Gasteiger partial charge in [0.1, 0.15) is 5.82 Å². The second-order valence-corrected chi connectivity index (χ2v) is 8.01. The van der Waals surface area contributed by atoms with Crippen LogP contribution in [0.15, 0.2) is 59.9 Å². The van der Waals surface area contributed by atoms with Crippen LogP contribution in [0, 0.1) is 0 Å². The first-order chi connectivity index (χ1) is 13.3. The van der Waals surface area contributed by atoms with Gasteiger partial charge in [-0.1, -0.05) is 48.2 Å². The maximum atomic E-state index is 4.54. The number of thioether (sulfide) groups is 1. The Morgan fingerprint density at radius 3 is 2.74 bits per heavy atom. The zero-order valence-electron chi connectivity index (χ0n) is 15.7. The largest absolute Gasteiger partial charge is 0.309 e. The summed E-state index contributed by atoms with van der Waals surface area (Å²) in [4.78, 5) is 6.96. The van der Waals surface area contributed by atoms with Gasteiger partial charge < -0.3 is 4.57 Å². The van der Waals surface area contributed by atoms with Gasteiger partial charge in [-0.25, -0.2) is 0 Å². The minimum Gasteiger partial charge on any atom is -0.309 e. The number of hydrogen-bond acceptors (Lipinski definition) is 5. The lowest BCUT2D eigenvalue weighted by Gasteiger charge is -2.31. The molecular weight excluding hydrogens is 354 g/mol. The van der Waals surface area contributed by atoms with Crippen LogP contribution in [0.25, 0.3) is 0 Å². The third kappa shape index (κ3) is 4.57. The molecule has 1 fully saturated rings. The number of aromatic nitrogens is 4. The molecule has 1 aromatic carbocycles. The maximum absolute atomic E-state index is 4.54. The van der Waals surface area contributed by atoms with E-state index in [1.165, 1.54) is 18.4 Å². The van der Waals surface area contributed by atoms with Crippen LogP contribution < -0.4 is 0 Å². The third-order valence-corrected chi connectivity index (χ3v) is 6.15. The Labute approximate surface area is 164 Å². The second kappa shape index (κ2) is 8.67. The summed E-state index contributed by atoms with van der Waals surface area (Å²) >= 11 is 1.75. The van der Waals surface area contributed by atoms with E-state index >= 15 is 0 Å². The van der Waals surface area contributed by atoms with Crippen LogP contribution in [0.5, 0.6) is 0 Å². The van der Waals surface area contributed by atoms with Crippen molar-refractivity contribution in [3.63, 3.8) is 0 Å². The Bertz CT molecular complexity index is 850. The van der Waals surface area contributed by atoms with Gasteiger partial charge in [0.15, 0.2) is 5.16 Å². The fourth-order valence-corrected chi connectivity index (χ4v) is 4.53. The van der Waals surface area contributed by atoms with E-state index in [2.05, 4.69) is 68.1 Å². The fourth-order valence-electron chi connectivity index (χ4n) is 3.66. The van der Waals surface area contributed by atoms with Gasteiger partial charge in [0.05, 0.1) is 5.69 Å². The predicted molar refractivity (Wildman–Crippen MR) is 108 cm³/mol. The summed E-state index contributed by atoms with van der Waals surface area (Å²) < 4.78 is 2.18. The molecule has 3 aromatic rings. The van der Waals surface area contributed by atoms with E-state index in [1.54, 1.807) is 11.8 Å². The molecular formula is C21H25N5S. The molecule has 1 atom stereocenters. The average Bonchev–Trinajstić information content (AvgIpc) is 3.09. The number of nitrogens with zero attached hydrogens (tertiary/aromatic N) is 5. The number of rotatable bonds is 6. The molecule has 5 nitrogen and oxygen atoms in total.